The fourth-order valence-corrected chi connectivity index (χ4v) is 4.37. The Morgan fingerprint density at radius 3 is 2.88 bits per heavy atom. The lowest BCUT2D eigenvalue weighted by Gasteiger charge is -2.31. The number of pyridine rings is 1. The maximum Gasteiger partial charge on any atom is 0.254 e. The minimum atomic E-state index is -0.215. The highest BCUT2D eigenvalue weighted by atomic mass is 16.3. The van der Waals surface area contributed by atoms with Crippen LogP contribution in [0, 0.1) is 0 Å². The molecule has 0 radical (unpaired) electrons. The molecule has 0 atom stereocenters. The van der Waals surface area contributed by atoms with E-state index in [9.17, 15) is 9.90 Å². The number of aliphatic imine (C=N–C) groups is 1. The van der Waals surface area contributed by atoms with Gasteiger partial charge >= 0.3 is 0 Å². The number of aromatic nitrogens is 4. The van der Waals surface area contributed by atoms with Gasteiger partial charge in [-0.15, -0.1) is 0 Å². The van der Waals surface area contributed by atoms with Gasteiger partial charge in [0, 0.05) is 43.3 Å². The van der Waals surface area contributed by atoms with E-state index in [0.717, 1.165) is 42.9 Å². The highest BCUT2D eigenvalue weighted by molar-refractivity contribution is 6.05. The molecular weight excluding hydrogens is 432 g/mol. The van der Waals surface area contributed by atoms with Gasteiger partial charge in [-0.2, -0.15) is 0 Å². The molecule has 10 heteroatoms. The number of carbonyl (C=O) groups excluding carboxylic acids is 1. The number of aliphatic hydroxyl groups excluding tert-OH is 1. The fourth-order valence-electron chi connectivity index (χ4n) is 4.37. The predicted octanol–water partition coefficient (Wildman–Crippen LogP) is 2.35. The van der Waals surface area contributed by atoms with Crippen LogP contribution in [0.5, 0.6) is 0 Å². The number of aliphatic hydroxyl groups is 1. The molecular formula is C24H26N8O2. The van der Waals surface area contributed by atoms with Crippen LogP contribution in [-0.4, -0.2) is 61.2 Å². The van der Waals surface area contributed by atoms with Gasteiger partial charge in [0.25, 0.3) is 5.91 Å². The van der Waals surface area contributed by atoms with Gasteiger partial charge in [0.15, 0.2) is 5.65 Å². The van der Waals surface area contributed by atoms with Crippen molar-refractivity contribution in [2.75, 3.05) is 18.4 Å². The molecule has 1 saturated heterocycles. The minimum absolute atomic E-state index is 0.168. The second kappa shape index (κ2) is 9.06. The Balaban J connectivity index is 1.44. The summed E-state index contributed by atoms with van der Waals surface area (Å²) >= 11 is 0. The van der Waals surface area contributed by atoms with Gasteiger partial charge in [-0.05, 0) is 38.6 Å². The molecule has 0 saturated carbocycles. The summed E-state index contributed by atoms with van der Waals surface area (Å²) < 4.78 is 1.90. The average Bonchev–Trinajstić information content (AvgIpc) is 3.46. The number of nitrogens with zero attached hydrogens (tertiary/aromatic N) is 6. The maximum absolute atomic E-state index is 12.7. The third-order valence-electron chi connectivity index (χ3n) is 6.27. The van der Waals surface area contributed by atoms with E-state index in [-0.39, 0.29) is 12.0 Å². The number of hydrogen-bond acceptors (Lipinski definition) is 8. The highest BCUT2D eigenvalue weighted by Crippen LogP contribution is 2.32. The molecule has 0 aromatic carbocycles. The number of piperidine rings is 1. The van der Waals surface area contributed by atoms with Gasteiger partial charge in [0.2, 0.25) is 0 Å². The molecule has 1 amide bonds. The molecule has 2 aliphatic rings. The molecule has 0 bridgehead atoms. The lowest BCUT2D eigenvalue weighted by molar-refractivity contribution is 0.0963. The van der Waals surface area contributed by atoms with Crippen LogP contribution in [0.1, 0.15) is 35.7 Å². The maximum atomic E-state index is 12.7. The number of fused-ring (bicyclic) bond motifs is 2. The predicted molar refractivity (Wildman–Crippen MR) is 129 cm³/mol. The molecule has 5 rings (SSSR count). The fraction of sp³-hybridized carbons (Fsp3) is 0.292. The molecule has 3 aromatic heterocycles. The van der Waals surface area contributed by atoms with Crippen molar-refractivity contribution in [3.63, 3.8) is 0 Å². The van der Waals surface area contributed by atoms with Gasteiger partial charge in [0.05, 0.1) is 47.3 Å². The zero-order valence-corrected chi connectivity index (χ0v) is 18.9. The van der Waals surface area contributed by atoms with E-state index in [1.165, 1.54) is 0 Å². The summed E-state index contributed by atoms with van der Waals surface area (Å²) in [4.78, 5) is 32.2. The van der Waals surface area contributed by atoms with Gasteiger partial charge in [-0.1, -0.05) is 0 Å². The molecule has 34 heavy (non-hydrogen) atoms. The van der Waals surface area contributed by atoms with E-state index in [0.29, 0.717) is 35.0 Å². The first kappa shape index (κ1) is 21.8. The van der Waals surface area contributed by atoms with Crippen molar-refractivity contribution in [3.05, 3.63) is 65.8 Å². The molecule has 174 valence electrons. The van der Waals surface area contributed by atoms with Crippen LogP contribution in [0.15, 0.2) is 59.6 Å². The van der Waals surface area contributed by atoms with Crippen molar-refractivity contribution in [2.24, 2.45) is 4.99 Å². The Hall–Kier alpha value is -4.05. The Labute approximate surface area is 196 Å². The van der Waals surface area contributed by atoms with Gasteiger partial charge in [-0.25, -0.2) is 9.98 Å². The van der Waals surface area contributed by atoms with E-state index in [1.54, 1.807) is 24.8 Å². The topological polar surface area (TPSA) is 120 Å². The Bertz CT molecular complexity index is 1320. The van der Waals surface area contributed by atoms with Crippen LogP contribution < -0.4 is 10.6 Å². The van der Waals surface area contributed by atoms with Crippen molar-refractivity contribution in [2.45, 2.75) is 32.4 Å². The third-order valence-corrected chi connectivity index (χ3v) is 6.27. The Morgan fingerprint density at radius 1 is 1.26 bits per heavy atom. The first-order valence-corrected chi connectivity index (χ1v) is 11.2. The molecule has 0 spiro atoms. The number of rotatable bonds is 6. The summed E-state index contributed by atoms with van der Waals surface area (Å²) in [6.07, 6.45) is 13.7. The number of nitrogens with one attached hydrogen (secondary N) is 2. The monoisotopic (exact) mass is 458 g/mol. The first-order chi connectivity index (χ1) is 16.5. The number of likely N-dealkylation sites (tertiary alicyclic amines) is 1. The normalized spacial score (nSPS) is 17.1. The van der Waals surface area contributed by atoms with Gasteiger partial charge in [-0.3, -0.25) is 19.2 Å². The zero-order valence-electron chi connectivity index (χ0n) is 18.9. The second-order valence-electron chi connectivity index (χ2n) is 8.37. The molecule has 2 aliphatic heterocycles. The summed E-state index contributed by atoms with van der Waals surface area (Å²) in [6, 6.07) is 0. The smallest absolute Gasteiger partial charge is 0.254 e. The molecule has 1 fully saturated rings. The van der Waals surface area contributed by atoms with Crippen LogP contribution in [0.2, 0.25) is 0 Å². The van der Waals surface area contributed by atoms with Crippen molar-refractivity contribution in [1.82, 2.24) is 29.6 Å². The summed E-state index contributed by atoms with van der Waals surface area (Å²) in [5, 5.41) is 15.8. The van der Waals surface area contributed by atoms with Crippen molar-refractivity contribution in [3.8, 4) is 11.4 Å². The van der Waals surface area contributed by atoms with Crippen LogP contribution in [0.4, 0.5) is 5.69 Å². The largest absolute Gasteiger partial charge is 0.393 e. The molecule has 3 N–H and O–H groups in total. The number of anilines is 1. The van der Waals surface area contributed by atoms with E-state index in [4.69, 9.17) is 0 Å². The minimum Gasteiger partial charge on any atom is -0.393 e. The Morgan fingerprint density at radius 2 is 2.09 bits per heavy atom. The number of carbonyl (C=O) groups is 1. The SMILES string of the molecule is C=N/C(=C\C=C(/C)N1CCC(O)CC1)Nc1cnc(-c2cnc3cnccn23)c2c1C(=O)NC2. The standard InChI is InChI=1S/C24H26N8O2/c1-15(31-8-5-16(33)6-9-31)3-4-20(25-2)30-18-12-28-23(17-11-29-24(34)22(17)18)19-13-27-21-14-26-7-10-32(19)21/h3-4,7,10,12-14,16,30,33H,2,5-6,8-9,11H2,1H3,(H,29,34)/b15-3+,20-4+. The third kappa shape index (κ3) is 4.03. The summed E-state index contributed by atoms with van der Waals surface area (Å²) in [5.74, 6) is 0.340. The molecule has 5 heterocycles. The molecule has 0 aliphatic carbocycles. The van der Waals surface area contributed by atoms with E-state index >= 15 is 0 Å². The van der Waals surface area contributed by atoms with Crippen LogP contribution in [0.25, 0.3) is 17.0 Å². The van der Waals surface area contributed by atoms with Gasteiger partial charge in [0.1, 0.15) is 5.82 Å². The number of allylic oxidation sites excluding steroid dienone is 3. The lowest BCUT2D eigenvalue weighted by Crippen LogP contribution is -2.34. The number of imidazole rings is 1. The molecule has 10 nitrogen and oxygen atoms in total. The highest BCUT2D eigenvalue weighted by Gasteiger charge is 2.28. The van der Waals surface area contributed by atoms with Crippen LogP contribution in [-0.2, 0) is 6.54 Å². The summed E-state index contributed by atoms with van der Waals surface area (Å²) in [5.41, 5.74) is 5.17. The van der Waals surface area contributed by atoms with E-state index in [2.05, 4.69) is 42.2 Å². The summed E-state index contributed by atoms with van der Waals surface area (Å²) in [6.45, 7) is 7.72. The number of amides is 1. The van der Waals surface area contributed by atoms with E-state index < -0.39 is 0 Å². The first-order valence-electron chi connectivity index (χ1n) is 11.2. The van der Waals surface area contributed by atoms with Crippen LogP contribution in [0.3, 0.4) is 0 Å². The van der Waals surface area contributed by atoms with E-state index in [1.807, 2.05) is 29.7 Å². The zero-order chi connectivity index (χ0) is 23.7. The van der Waals surface area contributed by atoms with Crippen molar-refractivity contribution in [1.29, 1.82) is 0 Å². The average molecular weight is 459 g/mol. The van der Waals surface area contributed by atoms with Crippen molar-refractivity contribution >= 4 is 24.0 Å². The quantitative estimate of drug-likeness (QED) is 0.383. The molecule has 3 aromatic rings. The van der Waals surface area contributed by atoms with Crippen LogP contribution >= 0.6 is 0 Å². The number of hydrogen-bond donors (Lipinski definition) is 3. The van der Waals surface area contributed by atoms with Gasteiger partial charge < -0.3 is 20.6 Å². The van der Waals surface area contributed by atoms with Crippen molar-refractivity contribution < 1.29 is 9.90 Å². The lowest BCUT2D eigenvalue weighted by atomic mass is 10.1. The molecule has 0 unspecified atom stereocenters. The Kier molecular flexibility index (Phi) is 5.81. The second-order valence-corrected chi connectivity index (χ2v) is 8.37. The summed E-state index contributed by atoms with van der Waals surface area (Å²) in [7, 11) is 0.